The van der Waals surface area contributed by atoms with Crippen LogP contribution in [0.5, 0.6) is 5.75 Å². The molecule has 0 aromatic heterocycles. The van der Waals surface area contributed by atoms with E-state index < -0.39 is 11.9 Å². The second-order valence-corrected chi connectivity index (χ2v) is 5.76. The molecule has 4 nitrogen and oxygen atoms in total. The fourth-order valence-electron chi connectivity index (χ4n) is 2.35. The summed E-state index contributed by atoms with van der Waals surface area (Å²) in [6.07, 6.45) is 1.94. The number of carbonyl (C=O) groups is 1. The Morgan fingerprint density at radius 2 is 2.10 bits per heavy atom. The predicted octanol–water partition coefficient (Wildman–Crippen LogP) is 2.67. The first-order valence-electron chi connectivity index (χ1n) is 7.06. The molecule has 1 fully saturated rings. The van der Waals surface area contributed by atoms with Crippen LogP contribution in [0.3, 0.4) is 0 Å². The fourth-order valence-corrected chi connectivity index (χ4v) is 2.57. The van der Waals surface area contributed by atoms with Gasteiger partial charge in [0, 0.05) is 6.04 Å². The smallest absolute Gasteiger partial charge is 0.260 e. The fraction of sp³-hybridized carbons (Fsp3) is 0.533. The molecular formula is C15H19ClFNO3. The number of hydrogen-bond acceptors (Lipinski definition) is 3. The highest BCUT2D eigenvalue weighted by molar-refractivity contribution is 6.32. The number of benzene rings is 1. The maximum Gasteiger partial charge on any atom is 0.260 e. The Hall–Kier alpha value is -1.33. The lowest BCUT2D eigenvalue weighted by atomic mass is 9.93. The molecule has 0 saturated heterocycles. The lowest BCUT2D eigenvalue weighted by Gasteiger charge is -2.27. The molecule has 1 unspecified atom stereocenters. The van der Waals surface area contributed by atoms with E-state index in [2.05, 4.69) is 5.32 Å². The summed E-state index contributed by atoms with van der Waals surface area (Å²) in [5.41, 5.74) is 0. The molecule has 1 amide bonds. The Bertz CT molecular complexity index is 504. The molecule has 116 valence electrons. The molecule has 21 heavy (non-hydrogen) atoms. The molecule has 2 rings (SSSR count). The number of aliphatic hydroxyl groups excluding tert-OH is 1. The monoisotopic (exact) mass is 315 g/mol. The van der Waals surface area contributed by atoms with E-state index in [1.165, 1.54) is 12.1 Å². The molecule has 0 heterocycles. The van der Waals surface area contributed by atoms with Crippen molar-refractivity contribution in [2.75, 3.05) is 0 Å². The van der Waals surface area contributed by atoms with Crippen molar-refractivity contribution in [2.45, 2.75) is 50.9 Å². The normalized spacial score (nSPS) is 23.4. The third-order valence-corrected chi connectivity index (χ3v) is 3.91. The summed E-state index contributed by atoms with van der Waals surface area (Å²) in [6, 6.07) is 3.84. The number of ether oxygens (including phenoxy) is 1. The van der Waals surface area contributed by atoms with Crippen molar-refractivity contribution in [1.29, 1.82) is 0 Å². The van der Waals surface area contributed by atoms with Crippen LogP contribution < -0.4 is 10.1 Å². The molecule has 1 atom stereocenters. The quantitative estimate of drug-likeness (QED) is 0.898. The van der Waals surface area contributed by atoms with Crippen molar-refractivity contribution >= 4 is 17.5 Å². The van der Waals surface area contributed by atoms with Gasteiger partial charge in [-0.1, -0.05) is 11.6 Å². The zero-order chi connectivity index (χ0) is 15.4. The maximum absolute atomic E-state index is 12.9. The van der Waals surface area contributed by atoms with Gasteiger partial charge in [0.15, 0.2) is 6.10 Å². The zero-order valence-corrected chi connectivity index (χ0v) is 12.6. The highest BCUT2D eigenvalue weighted by Crippen LogP contribution is 2.26. The van der Waals surface area contributed by atoms with Crippen LogP contribution in [0.25, 0.3) is 0 Å². The minimum absolute atomic E-state index is 0.0654. The molecule has 1 aliphatic rings. The van der Waals surface area contributed by atoms with Crippen molar-refractivity contribution < 1.29 is 19.0 Å². The summed E-state index contributed by atoms with van der Waals surface area (Å²) >= 11 is 5.86. The standard InChI is InChI=1S/C15H19ClFNO3/c1-9(21-14-7-2-10(17)8-13(14)16)15(20)18-11-3-5-12(19)6-4-11/h2,7-9,11-12,19H,3-6H2,1H3,(H,18,20). The van der Waals surface area contributed by atoms with E-state index in [0.717, 1.165) is 18.9 Å². The van der Waals surface area contributed by atoms with E-state index >= 15 is 0 Å². The molecule has 1 aromatic rings. The van der Waals surface area contributed by atoms with Crippen LogP contribution in [-0.4, -0.2) is 29.3 Å². The first-order chi connectivity index (χ1) is 9.95. The van der Waals surface area contributed by atoms with Crippen molar-refractivity contribution in [2.24, 2.45) is 0 Å². The number of amides is 1. The molecule has 0 bridgehead atoms. The Balaban J connectivity index is 1.87. The largest absolute Gasteiger partial charge is 0.479 e. The topological polar surface area (TPSA) is 58.6 Å². The Labute approximate surface area is 128 Å². The molecule has 1 saturated carbocycles. The SMILES string of the molecule is CC(Oc1ccc(F)cc1Cl)C(=O)NC1CCC(O)CC1. The van der Waals surface area contributed by atoms with Gasteiger partial charge in [-0.05, 0) is 50.8 Å². The second kappa shape index (κ2) is 7.09. The summed E-state index contributed by atoms with van der Waals surface area (Å²) in [4.78, 5) is 12.1. The van der Waals surface area contributed by atoms with E-state index in [-0.39, 0.29) is 28.8 Å². The zero-order valence-electron chi connectivity index (χ0n) is 11.8. The van der Waals surface area contributed by atoms with Crippen LogP contribution in [0.2, 0.25) is 5.02 Å². The van der Waals surface area contributed by atoms with Crippen molar-refractivity contribution in [1.82, 2.24) is 5.32 Å². The van der Waals surface area contributed by atoms with E-state index in [0.29, 0.717) is 12.8 Å². The molecule has 0 spiro atoms. The number of aliphatic hydroxyl groups is 1. The summed E-state index contributed by atoms with van der Waals surface area (Å²) in [6.45, 7) is 1.62. The molecule has 1 aliphatic carbocycles. The Morgan fingerprint density at radius 3 is 2.71 bits per heavy atom. The Kier molecular flexibility index (Phi) is 5.42. The van der Waals surface area contributed by atoms with Gasteiger partial charge >= 0.3 is 0 Å². The Morgan fingerprint density at radius 1 is 1.43 bits per heavy atom. The van der Waals surface area contributed by atoms with E-state index in [4.69, 9.17) is 16.3 Å². The van der Waals surface area contributed by atoms with Crippen molar-refractivity contribution in [3.63, 3.8) is 0 Å². The molecule has 6 heteroatoms. The van der Waals surface area contributed by atoms with Crippen LogP contribution >= 0.6 is 11.6 Å². The first-order valence-corrected chi connectivity index (χ1v) is 7.43. The van der Waals surface area contributed by atoms with Crippen LogP contribution in [-0.2, 0) is 4.79 Å². The average molecular weight is 316 g/mol. The van der Waals surface area contributed by atoms with Gasteiger partial charge in [0.05, 0.1) is 11.1 Å². The number of rotatable bonds is 4. The van der Waals surface area contributed by atoms with Gasteiger partial charge in [0.25, 0.3) is 5.91 Å². The number of hydrogen-bond donors (Lipinski definition) is 2. The van der Waals surface area contributed by atoms with Crippen molar-refractivity contribution in [3.05, 3.63) is 29.0 Å². The summed E-state index contributed by atoms with van der Waals surface area (Å²) in [5, 5.41) is 12.5. The minimum Gasteiger partial charge on any atom is -0.479 e. The highest BCUT2D eigenvalue weighted by Gasteiger charge is 2.24. The van der Waals surface area contributed by atoms with Gasteiger partial charge in [-0.2, -0.15) is 0 Å². The number of carbonyl (C=O) groups excluding carboxylic acids is 1. The molecule has 0 radical (unpaired) electrons. The number of nitrogens with one attached hydrogen (secondary N) is 1. The minimum atomic E-state index is -0.722. The molecule has 2 N–H and O–H groups in total. The van der Waals surface area contributed by atoms with Gasteiger partial charge in [-0.3, -0.25) is 4.79 Å². The summed E-state index contributed by atoms with van der Waals surface area (Å²) in [7, 11) is 0. The highest BCUT2D eigenvalue weighted by atomic mass is 35.5. The van der Waals surface area contributed by atoms with Crippen LogP contribution in [0.1, 0.15) is 32.6 Å². The van der Waals surface area contributed by atoms with Gasteiger partial charge < -0.3 is 15.2 Å². The summed E-state index contributed by atoms with van der Waals surface area (Å²) in [5.74, 6) is -0.415. The lowest BCUT2D eigenvalue weighted by molar-refractivity contribution is -0.128. The lowest BCUT2D eigenvalue weighted by Crippen LogP contribution is -2.44. The van der Waals surface area contributed by atoms with Crippen LogP contribution in [0.15, 0.2) is 18.2 Å². The second-order valence-electron chi connectivity index (χ2n) is 5.35. The maximum atomic E-state index is 12.9. The third-order valence-electron chi connectivity index (χ3n) is 3.61. The first kappa shape index (κ1) is 16.0. The average Bonchev–Trinajstić information content (AvgIpc) is 2.44. The third kappa shape index (κ3) is 4.58. The van der Waals surface area contributed by atoms with Gasteiger partial charge in [-0.25, -0.2) is 4.39 Å². The van der Waals surface area contributed by atoms with Crippen LogP contribution in [0.4, 0.5) is 4.39 Å². The van der Waals surface area contributed by atoms with Gasteiger partial charge in [0.2, 0.25) is 0 Å². The van der Waals surface area contributed by atoms with Crippen LogP contribution in [0, 0.1) is 5.82 Å². The molecule has 0 aliphatic heterocycles. The van der Waals surface area contributed by atoms with Gasteiger partial charge in [0.1, 0.15) is 11.6 Å². The van der Waals surface area contributed by atoms with E-state index in [9.17, 15) is 14.3 Å². The van der Waals surface area contributed by atoms with Gasteiger partial charge in [-0.15, -0.1) is 0 Å². The number of halogens is 2. The summed E-state index contributed by atoms with van der Waals surface area (Å²) < 4.78 is 18.4. The predicted molar refractivity (Wildman–Crippen MR) is 77.9 cm³/mol. The molecular weight excluding hydrogens is 297 g/mol. The van der Waals surface area contributed by atoms with E-state index in [1.807, 2.05) is 0 Å². The molecule has 1 aromatic carbocycles. The van der Waals surface area contributed by atoms with E-state index in [1.54, 1.807) is 6.92 Å². The van der Waals surface area contributed by atoms with Crippen molar-refractivity contribution in [3.8, 4) is 5.75 Å².